The van der Waals surface area contributed by atoms with Crippen molar-refractivity contribution >= 4 is 11.9 Å². The van der Waals surface area contributed by atoms with Crippen molar-refractivity contribution in [1.29, 1.82) is 0 Å². The molecule has 1 saturated carbocycles. The first-order valence-electron chi connectivity index (χ1n) is 10.6. The Morgan fingerprint density at radius 1 is 1.16 bits per heavy atom. The molecule has 0 unspecified atom stereocenters. The highest BCUT2D eigenvalue weighted by Crippen LogP contribution is 2.47. The van der Waals surface area contributed by atoms with E-state index in [2.05, 4.69) is 5.10 Å². The van der Waals surface area contributed by atoms with Gasteiger partial charge in [0, 0.05) is 0 Å². The van der Waals surface area contributed by atoms with Crippen molar-refractivity contribution in [2.75, 3.05) is 6.61 Å². The van der Waals surface area contributed by atoms with Crippen molar-refractivity contribution in [3.8, 4) is 0 Å². The lowest BCUT2D eigenvalue weighted by Crippen LogP contribution is -2.39. The molecule has 3 rings (SSSR count). The summed E-state index contributed by atoms with van der Waals surface area (Å²) >= 11 is 0. The molecule has 0 amide bonds. The number of hydrogen-bond acceptors (Lipinski definition) is 5. The molecule has 1 aromatic heterocycles. The SMILES string of the molecule is CCOC(=O)[C@H]1CC[C@H](n2ncc(C(=O)OCc3ccccc3)c2C(F)(F)F)CC1(C)C. The Hall–Kier alpha value is -2.84. The lowest BCUT2D eigenvalue weighted by molar-refractivity contribution is -0.156. The van der Waals surface area contributed by atoms with Gasteiger partial charge in [0.05, 0.1) is 24.8 Å². The number of benzene rings is 1. The molecule has 1 aliphatic rings. The van der Waals surface area contributed by atoms with Crippen LogP contribution in [0.1, 0.15) is 67.7 Å². The smallest absolute Gasteiger partial charge is 0.433 e. The van der Waals surface area contributed by atoms with Crippen LogP contribution in [0.4, 0.5) is 13.2 Å². The molecule has 1 aromatic carbocycles. The van der Waals surface area contributed by atoms with Crippen LogP contribution in [0.25, 0.3) is 0 Å². The van der Waals surface area contributed by atoms with Crippen molar-refractivity contribution in [3.63, 3.8) is 0 Å². The molecule has 2 atom stereocenters. The Morgan fingerprint density at radius 3 is 2.44 bits per heavy atom. The first kappa shape index (κ1) is 23.8. The summed E-state index contributed by atoms with van der Waals surface area (Å²) in [5, 5.41) is 3.93. The fraction of sp³-hybridized carbons (Fsp3) is 0.522. The van der Waals surface area contributed by atoms with Gasteiger partial charge in [0.2, 0.25) is 0 Å². The van der Waals surface area contributed by atoms with Gasteiger partial charge < -0.3 is 9.47 Å². The maximum absolute atomic E-state index is 14.0. The van der Waals surface area contributed by atoms with Gasteiger partial charge in [-0.25, -0.2) is 4.79 Å². The van der Waals surface area contributed by atoms with E-state index >= 15 is 0 Å². The number of nitrogens with zero attached hydrogens (tertiary/aromatic N) is 2. The van der Waals surface area contributed by atoms with E-state index in [0.717, 1.165) is 10.9 Å². The molecule has 1 heterocycles. The molecule has 174 valence electrons. The molecular formula is C23H27F3N2O4. The third-order valence-corrected chi connectivity index (χ3v) is 5.91. The molecule has 0 radical (unpaired) electrons. The zero-order valence-corrected chi connectivity index (χ0v) is 18.3. The van der Waals surface area contributed by atoms with Gasteiger partial charge in [-0.1, -0.05) is 44.2 Å². The van der Waals surface area contributed by atoms with E-state index in [1.54, 1.807) is 37.3 Å². The van der Waals surface area contributed by atoms with Crippen LogP contribution in [0.2, 0.25) is 0 Å². The molecule has 0 saturated heterocycles. The van der Waals surface area contributed by atoms with Gasteiger partial charge in [-0.15, -0.1) is 0 Å². The Balaban J connectivity index is 1.83. The van der Waals surface area contributed by atoms with Gasteiger partial charge in [0.15, 0.2) is 5.69 Å². The molecule has 1 aliphatic carbocycles. The molecule has 1 fully saturated rings. The van der Waals surface area contributed by atoms with Gasteiger partial charge in [-0.2, -0.15) is 18.3 Å². The third kappa shape index (κ3) is 5.14. The summed E-state index contributed by atoms with van der Waals surface area (Å²) in [4.78, 5) is 24.8. The minimum atomic E-state index is -4.79. The molecule has 2 aromatic rings. The lowest BCUT2D eigenvalue weighted by Gasteiger charge is -2.41. The minimum absolute atomic E-state index is 0.139. The Morgan fingerprint density at radius 2 is 1.84 bits per heavy atom. The number of aromatic nitrogens is 2. The minimum Gasteiger partial charge on any atom is -0.466 e. The van der Waals surface area contributed by atoms with Gasteiger partial charge in [0.1, 0.15) is 12.2 Å². The maximum atomic E-state index is 14.0. The van der Waals surface area contributed by atoms with E-state index in [-0.39, 0.29) is 19.2 Å². The van der Waals surface area contributed by atoms with Crippen LogP contribution in [0.5, 0.6) is 0 Å². The highest BCUT2D eigenvalue weighted by molar-refractivity contribution is 5.90. The van der Waals surface area contributed by atoms with Crippen LogP contribution in [0.15, 0.2) is 36.5 Å². The number of ether oxygens (including phenoxy) is 2. The highest BCUT2D eigenvalue weighted by atomic mass is 19.4. The van der Waals surface area contributed by atoms with Crippen molar-refractivity contribution in [2.45, 2.75) is 58.9 Å². The number of alkyl halides is 3. The molecule has 32 heavy (non-hydrogen) atoms. The average Bonchev–Trinajstić information content (AvgIpc) is 3.18. The zero-order chi connectivity index (χ0) is 23.5. The van der Waals surface area contributed by atoms with Gasteiger partial charge in [0.25, 0.3) is 0 Å². The van der Waals surface area contributed by atoms with E-state index in [1.807, 2.05) is 13.8 Å². The Kier molecular flexibility index (Phi) is 6.95. The summed E-state index contributed by atoms with van der Waals surface area (Å²) in [6, 6.07) is 8.10. The van der Waals surface area contributed by atoms with Crippen molar-refractivity contribution in [2.24, 2.45) is 11.3 Å². The predicted molar refractivity (Wildman–Crippen MR) is 110 cm³/mol. The van der Waals surface area contributed by atoms with E-state index in [0.29, 0.717) is 24.8 Å². The summed E-state index contributed by atoms with van der Waals surface area (Å²) in [5.74, 6) is -1.82. The molecule has 0 spiro atoms. The van der Waals surface area contributed by atoms with Gasteiger partial charge in [-0.3, -0.25) is 9.48 Å². The van der Waals surface area contributed by atoms with Crippen LogP contribution < -0.4 is 0 Å². The van der Waals surface area contributed by atoms with E-state index in [4.69, 9.17) is 9.47 Å². The molecule has 9 heteroatoms. The highest BCUT2D eigenvalue weighted by Gasteiger charge is 2.46. The summed E-state index contributed by atoms with van der Waals surface area (Å²) < 4.78 is 53.1. The summed E-state index contributed by atoms with van der Waals surface area (Å²) in [5.41, 5.74) is -1.65. The lowest BCUT2D eigenvalue weighted by atomic mass is 9.67. The van der Waals surface area contributed by atoms with Crippen LogP contribution >= 0.6 is 0 Å². The average molecular weight is 452 g/mol. The van der Waals surface area contributed by atoms with Gasteiger partial charge >= 0.3 is 18.1 Å². The first-order valence-corrected chi connectivity index (χ1v) is 10.6. The second kappa shape index (κ2) is 9.34. The van der Waals surface area contributed by atoms with E-state index in [9.17, 15) is 22.8 Å². The van der Waals surface area contributed by atoms with Crippen LogP contribution in [0, 0.1) is 11.3 Å². The van der Waals surface area contributed by atoms with Crippen molar-refractivity contribution in [1.82, 2.24) is 9.78 Å². The van der Waals surface area contributed by atoms with Crippen molar-refractivity contribution in [3.05, 3.63) is 53.3 Å². The number of hydrogen-bond donors (Lipinski definition) is 0. The topological polar surface area (TPSA) is 70.4 Å². The largest absolute Gasteiger partial charge is 0.466 e. The quantitative estimate of drug-likeness (QED) is 0.564. The summed E-state index contributed by atoms with van der Waals surface area (Å²) in [7, 11) is 0. The fourth-order valence-electron chi connectivity index (χ4n) is 4.36. The number of carbonyl (C=O) groups is 2. The predicted octanol–water partition coefficient (Wildman–Crippen LogP) is 5.19. The summed E-state index contributed by atoms with van der Waals surface area (Å²) in [6.07, 6.45) is -2.89. The number of esters is 2. The molecular weight excluding hydrogens is 425 g/mol. The number of halogens is 3. The second-order valence-electron chi connectivity index (χ2n) is 8.64. The second-order valence-corrected chi connectivity index (χ2v) is 8.64. The van der Waals surface area contributed by atoms with E-state index < -0.39 is 40.8 Å². The summed E-state index contributed by atoms with van der Waals surface area (Å²) in [6.45, 7) is 5.51. The van der Waals surface area contributed by atoms with Gasteiger partial charge in [-0.05, 0) is 37.2 Å². The standard InChI is InChI=1S/C23H27F3N2O4/c1-4-31-21(30)18-11-10-16(12-22(18,2)3)28-19(23(24,25)26)17(13-27-28)20(29)32-14-15-8-6-5-7-9-15/h5-9,13,16,18H,4,10-12,14H2,1-3H3/t16-,18+/m0/s1. The normalized spacial score (nSPS) is 20.6. The monoisotopic (exact) mass is 452 g/mol. The van der Waals surface area contributed by atoms with Crippen LogP contribution in [0.3, 0.4) is 0 Å². The fourth-order valence-corrected chi connectivity index (χ4v) is 4.36. The Labute approximate surface area is 184 Å². The molecule has 0 bridgehead atoms. The molecule has 0 N–H and O–H groups in total. The van der Waals surface area contributed by atoms with E-state index in [1.165, 1.54) is 0 Å². The molecule has 0 aliphatic heterocycles. The number of carbonyl (C=O) groups excluding carboxylic acids is 2. The third-order valence-electron chi connectivity index (χ3n) is 5.91. The number of rotatable bonds is 6. The van der Waals surface area contributed by atoms with Crippen molar-refractivity contribution < 1.29 is 32.2 Å². The van der Waals surface area contributed by atoms with Crippen LogP contribution in [-0.4, -0.2) is 28.3 Å². The maximum Gasteiger partial charge on any atom is 0.433 e. The Bertz CT molecular complexity index is 954. The molecule has 6 nitrogen and oxygen atoms in total. The first-order chi connectivity index (χ1) is 15.0. The zero-order valence-electron chi connectivity index (χ0n) is 18.3. The van der Waals surface area contributed by atoms with Crippen LogP contribution in [-0.2, 0) is 27.1 Å².